The average Bonchev–Trinajstić information content (AvgIpc) is 2.88. The molecular weight excluding hydrogens is 277 g/mol. The number of anilines is 1. The lowest BCUT2D eigenvalue weighted by molar-refractivity contribution is 0.348. The van der Waals surface area contributed by atoms with Gasteiger partial charge in [0.25, 0.3) is 0 Å². The minimum Gasteiger partial charge on any atom is -0.489 e. The second-order valence-electron chi connectivity index (χ2n) is 4.34. The maximum Gasteiger partial charge on any atom is 0.183 e. The Hall–Kier alpha value is -1.66. The van der Waals surface area contributed by atoms with Crippen molar-refractivity contribution in [2.75, 3.05) is 25.0 Å². The van der Waals surface area contributed by atoms with E-state index in [1.807, 2.05) is 18.2 Å². The van der Waals surface area contributed by atoms with Crippen LogP contribution in [-0.4, -0.2) is 24.7 Å². The molecule has 1 heterocycles. The molecule has 0 unspecified atom stereocenters. The SMILES string of the molecule is CCCNc1nc2ccc(OCC(=CF)CN)cc2s1. The van der Waals surface area contributed by atoms with Crippen molar-refractivity contribution >= 4 is 26.7 Å². The maximum atomic E-state index is 12.4. The highest BCUT2D eigenvalue weighted by atomic mass is 32.1. The fraction of sp³-hybridized carbons (Fsp3) is 0.357. The third-order valence-corrected chi connectivity index (χ3v) is 3.70. The number of hydrogen-bond donors (Lipinski definition) is 2. The van der Waals surface area contributed by atoms with Gasteiger partial charge < -0.3 is 15.8 Å². The highest BCUT2D eigenvalue weighted by Gasteiger charge is 2.05. The van der Waals surface area contributed by atoms with E-state index in [0.717, 1.165) is 28.3 Å². The highest BCUT2D eigenvalue weighted by Crippen LogP contribution is 2.29. The molecule has 4 nitrogen and oxygen atoms in total. The molecule has 6 heteroatoms. The summed E-state index contributed by atoms with van der Waals surface area (Å²) in [7, 11) is 0. The van der Waals surface area contributed by atoms with E-state index >= 15 is 0 Å². The molecule has 20 heavy (non-hydrogen) atoms. The lowest BCUT2D eigenvalue weighted by atomic mass is 10.3. The summed E-state index contributed by atoms with van der Waals surface area (Å²) in [6.07, 6.45) is 1.56. The van der Waals surface area contributed by atoms with Crippen LogP contribution in [0.1, 0.15) is 13.3 Å². The number of nitrogens with zero attached hydrogens (tertiary/aromatic N) is 1. The third kappa shape index (κ3) is 3.68. The van der Waals surface area contributed by atoms with Gasteiger partial charge in [-0.15, -0.1) is 0 Å². The van der Waals surface area contributed by atoms with Crippen molar-refractivity contribution in [2.24, 2.45) is 5.73 Å². The van der Waals surface area contributed by atoms with E-state index in [0.29, 0.717) is 17.7 Å². The van der Waals surface area contributed by atoms with Crippen molar-refractivity contribution in [1.82, 2.24) is 4.98 Å². The van der Waals surface area contributed by atoms with E-state index in [1.165, 1.54) is 0 Å². The highest BCUT2D eigenvalue weighted by molar-refractivity contribution is 7.22. The summed E-state index contributed by atoms with van der Waals surface area (Å²) in [4.78, 5) is 4.48. The molecule has 0 atom stereocenters. The van der Waals surface area contributed by atoms with Crippen molar-refractivity contribution < 1.29 is 9.13 Å². The van der Waals surface area contributed by atoms with Gasteiger partial charge >= 0.3 is 0 Å². The zero-order valence-electron chi connectivity index (χ0n) is 11.4. The van der Waals surface area contributed by atoms with Crippen LogP contribution in [0, 0.1) is 0 Å². The maximum absolute atomic E-state index is 12.4. The van der Waals surface area contributed by atoms with Gasteiger partial charge in [-0.2, -0.15) is 0 Å². The van der Waals surface area contributed by atoms with Crippen LogP contribution in [0.15, 0.2) is 30.1 Å². The van der Waals surface area contributed by atoms with Crippen LogP contribution in [0.4, 0.5) is 9.52 Å². The normalized spacial score (nSPS) is 11.8. The molecule has 3 N–H and O–H groups in total. The molecule has 108 valence electrons. The smallest absolute Gasteiger partial charge is 0.183 e. The number of halogens is 1. The second-order valence-corrected chi connectivity index (χ2v) is 5.37. The van der Waals surface area contributed by atoms with Gasteiger partial charge in [-0.3, -0.25) is 0 Å². The Morgan fingerprint density at radius 2 is 2.40 bits per heavy atom. The van der Waals surface area contributed by atoms with Gasteiger partial charge in [-0.05, 0) is 24.6 Å². The first-order valence-corrected chi connectivity index (χ1v) is 7.34. The van der Waals surface area contributed by atoms with Crippen molar-refractivity contribution in [3.05, 3.63) is 30.1 Å². The van der Waals surface area contributed by atoms with Crippen LogP contribution < -0.4 is 15.8 Å². The van der Waals surface area contributed by atoms with Crippen LogP contribution in [0.25, 0.3) is 10.2 Å². The lowest BCUT2D eigenvalue weighted by Gasteiger charge is -2.06. The topological polar surface area (TPSA) is 60.2 Å². The number of rotatable bonds is 7. The predicted molar refractivity (Wildman–Crippen MR) is 82.1 cm³/mol. The van der Waals surface area contributed by atoms with E-state index in [2.05, 4.69) is 17.2 Å². The van der Waals surface area contributed by atoms with Crippen molar-refractivity contribution in [1.29, 1.82) is 0 Å². The minimum absolute atomic E-state index is 0.157. The number of benzene rings is 1. The molecule has 0 bridgehead atoms. The van der Waals surface area contributed by atoms with Gasteiger partial charge in [0.05, 0.1) is 16.5 Å². The third-order valence-electron chi connectivity index (χ3n) is 2.73. The zero-order chi connectivity index (χ0) is 14.4. The quantitative estimate of drug-likeness (QED) is 0.822. The molecule has 0 fully saturated rings. The monoisotopic (exact) mass is 295 g/mol. The molecule has 0 saturated heterocycles. The summed E-state index contributed by atoms with van der Waals surface area (Å²) in [5, 5.41) is 4.17. The Labute approximate surface area is 121 Å². The van der Waals surface area contributed by atoms with E-state index < -0.39 is 0 Å². The van der Waals surface area contributed by atoms with Gasteiger partial charge in [-0.25, -0.2) is 9.37 Å². The van der Waals surface area contributed by atoms with Crippen molar-refractivity contribution in [3.63, 3.8) is 0 Å². The number of hydrogen-bond acceptors (Lipinski definition) is 5. The molecule has 0 aliphatic carbocycles. The molecule has 1 aromatic carbocycles. The Kier molecular flexibility index (Phi) is 5.31. The second kappa shape index (κ2) is 7.21. The number of ether oxygens (including phenoxy) is 1. The molecule has 0 amide bonds. The molecule has 0 aliphatic heterocycles. The molecule has 1 aromatic heterocycles. The predicted octanol–water partition coefficient (Wildman–Crippen LogP) is 3.31. The van der Waals surface area contributed by atoms with Crippen LogP contribution in [0.2, 0.25) is 0 Å². The van der Waals surface area contributed by atoms with Gasteiger partial charge in [0.15, 0.2) is 5.13 Å². The Balaban J connectivity index is 2.08. The molecule has 0 spiro atoms. The fourth-order valence-corrected chi connectivity index (χ4v) is 2.53. The van der Waals surface area contributed by atoms with E-state index in [9.17, 15) is 4.39 Å². The Bertz CT molecular complexity index is 597. The summed E-state index contributed by atoms with van der Waals surface area (Å²) in [6, 6.07) is 5.65. The molecule has 0 saturated carbocycles. The standard InChI is InChI=1S/C14H18FN3OS/c1-2-5-17-14-18-12-4-3-11(6-13(12)20-14)19-9-10(7-15)8-16/h3-4,6-7H,2,5,8-9,16H2,1H3,(H,17,18). The molecular formula is C14H18FN3OS. The first-order valence-electron chi connectivity index (χ1n) is 6.52. The summed E-state index contributed by atoms with van der Waals surface area (Å²) in [5.41, 5.74) is 6.75. The zero-order valence-corrected chi connectivity index (χ0v) is 12.2. The number of nitrogens with two attached hydrogens (primary N) is 1. The molecule has 2 aromatic rings. The van der Waals surface area contributed by atoms with Crippen molar-refractivity contribution in [2.45, 2.75) is 13.3 Å². The first kappa shape index (κ1) is 14.7. The number of thiazole rings is 1. The summed E-state index contributed by atoms with van der Waals surface area (Å²) < 4.78 is 19.0. The van der Waals surface area contributed by atoms with E-state index in [-0.39, 0.29) is 13.2 Å². The largest absolute Gasteiger partial charge is 0.489 e. The summed E-state index contributed by atoms with van der Waals surface area (Å²) >= 11 is 1.58. The number of fused-ring (bicyclic) bond motifs is 1. The van der Waals surface area contributed by atoms with Gasteiger partial charge in [-0.1, -0.05) is 18.3 Å². The van der Waals surface area contributed by atoms with Gasteiger partial charge in [0, 0.05) is 18.7 Å². The summed E-state index contributed by atoms with van der Waals surface area (Å²) in [5.74, 6) is 0.691. The minimum atomic E-state index is 0.157. The van der Waals surface area contributed by atoms with Gasteiger partial charge in [0.2, 0.25) is 0 Å². The van der Waals surface area contributed by atoms with Crippen LogP contribution in [0.5, 0.6) is 5.75 Å². The Morgan fingerprint density at radius 1 is 1.55 bits per heavy atom. The van der Waals surface area contributed by atoms with Gasteiger partial charge in [0.1, 0.15) is 12.4 Å². The van der Waals surface area contributed by atoms with Crippen LogP contribution >= 0.6 is 11.3 Å². The van der Waals surface area contributed by atoms with Crippen LogP contribution in [0.3, 0.4) is 0 Å². The molecule has 0 aliphatic rings. The summed E-state index contributed by atoms with van der Waals surface area (Å²) in [6.45, 7) is 3.34. The molecule has 0 radical (unpaired) electrons. The first-order chi connectivity index (χ1) is 9.76. The number of aromatic nitrogens is 1. The van der Waals surface area contributed by atoms with E-state index in [1.54, 1.807) is 11.3 Å². The molecule has 2 rings (SSSR count). The van der Waals surface area contributed by atoms with Crippen LogP contribution in [-0.2, 0) is 0 Å². The average molecular weight is 295 g/mol. The lowest BCUT2D eigenvalue weighted by Crippen LogP contribution is -2.10. The number of nitrogens with one attached hydrogen (secondary N) is 1. The van der Waals surface area contributed by atoms with Crippen molar-refractivity contribution in [3.8, 4) is 5.75 Å². The Morgan fingerprint density at radius 3 is 3.10 bits per heavy atom. The van der Waals surface area contributed by atoms with E-state index in [4.69, 9.17) is 10.5 Å². The fourth-order valence-electron chi connectivity index (χ4n) is 1.61.